The summed E-state index contributed by atoms with van der Waals surface area (Å²) in [7, 11) is 0. The van der Waals surface area contributed by atoms with Gasteiger partial charge in [-0.3, -0.25) is 0 Å². The summed E-state index contributed by atoms with van der Waals surface area (Å²) in [4.78, 5) is 23.8. The second-order valence-electron chi connectivity index (χ2n) is 7.14. The summed E-state index contributed by atoms with van der Waals surface area (Å²) < 4.78 is 0. The normalized spacial score (nSPS) is 30.6. The smallest absolute Gasteiger partial charge is 0.329 e. The Hall–Kier alpha value is -1.26. The van der Waals surface area contributed by atoms with Crippen molar-refractivity contribution in [1.82, 2.24) is 10.6 Å². The molecule has 2 amide bonds. The van der Waals surface area contributed by atoms with Crippen molar-refractivity contribution in [3.05, 3.63) is 0 Å². The van der Waals surface area contributed by atoms with Gasteiger partial charge < -0.3 is 15.7 Å². The van der Waals surface area contributed by atoms with Gasteiger partial charge in [0.25, 0.3) is 0 Å². The summed E-state index contributed by atoms with van der Waals surface area (Å²) >= 11 is 0. The Bertz CT molecular complexity index is 394. The lowest BCUT2D eigenvalue weighted by atomic mass is 9.77. The lowest BCUT2D eigenvalue weighted by Crippen LogP contribution is -2.61. The third-order valence-electron chi connectivity index (χ3n) is 4.92. The maximum Gasteiger partial charge on any atom is 0.329 e. The second-order valence-corrected chi connectivity index (χ2v) is 7.14. The number of carbonyl (C=O) groups is 2. The molecule has 0 aromatic carbocycles. The molecular formula is C15H26N2O3. The van der Waals surface area contributed by atoms with Crippen LogP contribution in [-0.2, 0) is 4.79 Å². The SMILES string of the molecule is CC1CCC(NC(=O)NC(C)(C)C2CC2)(C(=O)O)CC1. The van der Waals surface area contributed by atoms with Gasteiger partial charge in [-0.1, -0.05) is 6.92 Å². The van der Waals surface area contributed by atoms with E-state index in [1.54, 1.807) is 0 Å². The summed E-state index contributed by atoms with van der Waals surface area (Å²) in [6.45, 7) is 6.13. The fourth-order valence-electron chi connectivity index (χ4n) is 3.10. The minimum Gasteiger partial charge on any atom is -0.480 e. The largest absolute Gasteiger partial charge is 0.480 e. The van der Waals surface area contributed by atoms with Crippen molar-refractivity contribution in [3.63, 3.8) is 0 Å². The van der Waals surface area contributed by atoms with Gasteiger partial charge in [0, 0.05) is 5.54 Å². The molecule has 0 bridgehead atoms. The van der Waals surface area contributed by atoms with Crippen LogP contribution in [0.1, 0.15) is 59.3 Å². The molecule has 0 aliphatic heterocycles. The van der Waals surface area contributed by atoms with E-state index in [2.05, 4.69) is 17.6 Å². The number of aliphatic carboxylic acids is 1. The van der Waals surface area contributed by atoms with E-state index in [0.29, 0.717) is 24.7 Å². The number of hydrogen-bond donors (Lipinski definition) is 3. The molecule has 2 aliphatic carbocycles. The van der Waals surface area contributed by atoms with Crippen molar-refractivity contribution < 1.29 is 14.7 Å². The molecular weight excluding hydrogens is 256 g/mol. The molecule has 0 aromatic rings. The van der Waals surface area contributed by atoms with Gasteiger partial charge in [0.15, 0.2) is 0 Å². The van der Waals surface area contributed by atoms with Crippen LogP contribution in [0.3, 0.4) is 0 Å². The number of nitrogens with one attached hydrogen (secondary N) is 2. The zero-order valence-electron chi connectivity index (χ0n) is 12.7. The molecule has 2 fully saturated rings. The van der Waals surface area contributed by atoms with Crippen LogP contribution in [0.5, 0.6) is 0 Å². The zero-order chi connectivity index (χ0) is 15.0. The number of amides is 2. The Morgan fingerprint density at radius 1 is 1.15 bits per heavy atom. The molecule has 5 nitrogen and oxygen atoms in total. The van der Waals surface area contributed by atoms with E-state index in [1.807, 2.05) is 13.8 Å². The summed E-state index contributed by atoms with van der Waals surface area (Å²) in [6, 6.07) is -0.348. The van der Waals surface area contributed by atoms with Crippen molar-refractivity contribution >= 4 is 12.0 Å². The number of carboxylic acids is 1. The topological polar surface area (TPSA) is 78.4 Å². The van der Waals surface area contributed by atoms with Crippen LogP contribution in [-0.4, -0.2) is 28.2 Å². The van der Waals surface area contributed by atoms with E-state index in [-0.39, 0.29) is 11.6 Å². The standard InChI is InChI=1S/C15H26N2O3/c1-10-6-8-15(9-7-10,12(18)19)17-13(20)16-14(2,3)11-4-5-11/h10-11H,4-9H2,1-3H3,(H,18,19)(H2,16,17,20). The van der Waals surface area contributed by atoms with Crippen molar-refractivity contribution in [2.24, 2.45) is 11.8 Å². The Balaban J connectivity index is 1.97. The minimum absolute atomic E-state index is 0.258. The van der Waals surface area contributed by atoms with Crippen LogP contribution < -0.4 is 10.6 Å². The van der Waals surface area contributed by atoms with Gasteiger partial charge in [0.1, 0.15) is 5.54 Å². The molecule has 3 N–H and O–H groups in total. The molecule has 2 saturated carbocycles. The van der Waals surface area contributed by atoms with Crippen molar-refractivity contribution in [3.8, 4) is 0 Å². The van der Waals surface area contributed by atoms with Crippen molar-refractivity contribution in [1.29, 1.82) is 0 Å². The predicted molar refractivity (Wildman–Crippen MR) is 76.5 cm³/mol. The van der Waals surface area contributed by atoms with Gasteiger partial charge in [-0.2, -0.15) is 0 Å². The highest BCUT2D eigenvalue weighted by Crippen LogP contribution is 2.39. The highest BCUT2D eigenvalue weighted by molar-refractivity contribution is 5.86. The fraction of sp³-hybridized carbons (Fsp3) is 0.867. The van der Waals surface area contributed by atoms with Crippen LogP contribution in [0.2, 0.25) is 0 Å². The first-order chi connectivity index (χ1) is 9.25. The summed E-state index contributed by atoms with van der Waals surface area (Å²) in [5.74, 6) is 0.138. The molecule has 0 radical (unpaired) electrons. The van der Waals surface area contributed by atoms with Gasteiger partial charge >= 0.3 is 12.0 Å². The number of carboxylic acid groups (broad SMARTS) is 1. The lowest BCUT2D eigenvalue weighted by molar-refractivity contribution is -0.146. The van der Waals surface area contributed by atoms with Crippen LogP contribution in [0.15, 0.2) is 0 Å². The van der Waals surface area contributed by atoms with Crippen LogP contribution in [0.25, 0.3) is 0 Å². The summed E-state index contributed by atoms with van der Waals surface area (Å²) in [5.41, 5.74) is -1.35. The average molecular weight is 282 g/mol. The first-order valence-corrected chi connectivity index (χ1v) is 7.59. The minimum atomic E-state index is -1.09. The molecule has 0 heterocycles. The van der Waals surface area contributed by atoms with Gasteiger partial charge in [0.2, 0.25) is 0 Å². The first kappa shape index (κ1) is 15.1. The third-order valence-corrected chi connectivity index (χ3v) is 4.92. The fourth-order valence-corrected chi connectivity index (χ4v) is 3.10. The van der Waals surface area contributed by atoms with Crippen LogP contribution in [0.4, 0.5) is 4.79 Å². The number of hydrogen-bond acceptors (Lipinski definition) is 2. The molecule has 0 aromatic heterocycles. The second kappa shape index (κ2) is 5.26. The van der Waals surface area contributed by atoms with E-state index in [4.69, 9.17) is 0 Å². The maximum atomic E-state index is 12.2. The van der Waals surface area contributed by atoms with E-state index >= 15 is 0 Å². The van der Waals surface area contributed by atoms with E-state index < -0.39 is 11.5 Å². The highest BCUT2D eigenvalue weighted by Gasteiger charge is 2.44. The average Bonchev–Trinajstić information content (AvgIpc) is 3.15. The van der Waals surface area contributed by atoms with Gasteiger partial charge in [0.05, 0.1) is 0 Å². The van der Waals surface area contributed by atoms with E-state index in [9.17, 15) is 14.7 Å². The molecule has 20 heavy (non-hydrogen) atoms. The van der Waals surface area contributed by atoms with Gasteiger partial charge in [-0.15, -0.1) is 0 Å². The molecule has 2 rings (SSSR count). The molecule has 5 heteroatoms. The first-order valence-electron chi connectivity index (χ1n) is 7.59. The van der Waals surface area contributed by atoms with Crippen molar-refractivity contribution in [2.45, 2.75) is 70.4 Å². The molecule has 0 spiro atoms. The van der Waals surface area contributed by atoms with Gasteiger partial charge in [-0.05, 0) is 64.2 Å². The van der Waals surface area contributed by atoms with Crippen molar-refractivity contribution in [2.75, 3.05) is 0 Å². The highest BCUT2D eigenvalue weighted by atomic mass is 16.4. The lowest BCUT2D eigenvalue weighted by Gasteiger charge is -2.37. The van der Waals surface area contributed by atoms with Crippen LogP contribution >= 0.6 is 0 Å². The predicted octanol–water partition coefficient (Wildman–Crippen LogP) is 2.51. The zero-order valence-corrected chi connectivity index (χ0v) is 12.7. The summed E-state index contributed by atoms with van der Waals surface area (Å²) in [6.07, 6.45) is 4.99. The molecule has 0 unspecified atom stereocenters. The monoisotopic (exact) mass is 282 g/mol. The Morgan fingerprint density at radius 3 is 2.15 bits per heavy atom. The van der Waals surface area contributed by atoms with Gasteiger partial charge in [-0.25, -0.2) is 9.59 Å². The molecule has 2 aliphatic rings. The quantitative estimate of drug-likeness (QED) is 0.741. The van der Waals surface area contributed by atoms with Crippen LogP contribution in [0, 0.1) is 11.8 Å². The number of rotatable bonds is 4. The van der Waals surface area contributed by atoms with E-state index in [1.165, 1.54) is 0 Å². The number of urea groups is 1. The molecule has 0 atom stereocenters. The molecule has 114 valence electrons. The number of carbonyl (C=O) groups excluding carboxylic acids is 1. The Morgan fingerprint density at radius 2 is 1.70 bits per heavy atom. The molecule has 0 saturated heterocycles. The van der Waals surface area contributed by atoms with E-state index in [0.717, 1.165) is 25.7 Å². The summed E-state index contributed by atoms with van der Waals surface area (Å²) in [5, 5.41) is 15.2. The third kappa shape index (κ3) is 3.25. The Labute approximate surface area is 120 Å². The Kier molecular flexibility index (Phi) is 3.98. The maximum absolute atomic E-state index is 12.2.